The molecule has 1 aromatic carbocycles. The Labute approximate surface area is 151 Å². The molecule has 1 saturated carbocycles. The maximum absolute atomic E-state index is 11.0. The lowest BCUT2D eigenvalue weighted by molar-refractivity contribution is -0.623. The van der Waals surface area contributed by atoms with Crippen molar-refractivity contribution in [1.82, 2.24) is 0 Å². The van der Waals surface area contributed by atoms with Gasteiger partial charge in [0.25, 0.3) is 28.9 Å². The molecule has 1 aliphatic rings. The quantitative estimate of drug-likeness (QED) is 0.215. The van der Waals surface area contributed by atoms with Crippen LogP contribution in [-0.4, -0.2) is 95.8 Å². The number of hydrogen-bond acceptors (Lipinski definition) is 12. The number of aliphatic hydroxyl groups is 12. The first kappa shape index (κ1) is 22.0. The summed E-state index contributed by atoms with van der Waals surface area (Å²) in [4.78, 5) is 0. The number of hydrogen-bond donors (Lipinski definition) is 12. The minimum atomic E-state index is -4.84. The first-order valence-electron chi connectivity index (χ1n) is 7.65. The summed E-state index contributed by atoms with van der Waals surface area (Å²) in [5.74, 6) is -24.0. The summed E-state index contributed by atoms with van der Waals surface area (Å²) in [6, 6.07) is 6.08. The van der Waals surface area contributed by atoms with Crippen molar-refractivity contribution in [3.05, 3.63) is 35.9 Å². The molecule has 0 amide bonds. The minimum absolute atomic E-state index is 0.454. The van der Waals surface area contributed by atoms with E-state index in [2.05, 4.69) is 0 Å². The Morgan fingerprint density at radius 1 is 0.630 bits per heavy atom. The van der Waals surface area contributed by atoms with Crippen LogP contribution in [0.15, 0.2) is 30.3 Å². The van der Waals surface area contributed by atoms with Crippen LogP contribution in [0.1, 0.15) is 18.9 Å². The van der Waals surface area contributed by atoms with Crippen molar-refractivity contribution in [1.29, 1.82) is 0 Å². The highest BCUT2D eigenvalue weighted by atomic mass is 16.7. The predicted octanol–water partition coefficient (Wildman–Crippen LogP) is -5.57. The van der Waals surface area contributed by atoms with E-state index < -0.39 is 52.1 Å². The molecule has 1 aliphatic carbocycles. The average molecular weight is 394 g/mol. The van der Waals surface area contributed by atoms with Gasteiger partial charge >= 0.3 is 0 Å². The van der Waals surface area contributed by atoms with E-state index in [0.717, 1.165) is 19.1 Å². The highest BCUT2D eigenvalue weighted by molar-refractivity contribution is 5.36. The Kier molecular flexibility index (Phi) is 4.60. The van der Waals surface area contributed by atoms with Gasteiger partial charge in [0.1, 0.15) is 5.60 Å². The van der Waals surface area contributed by atoms with Gasteiger partial charge in [-0.3, -0.25) is 0 Å². The van der Waals surface area contributed by atoms with Crippen LogP contribution >= 0.6 is 0 Å². The van der Waals surface area contributed by atoms with E-state index in [1.807, 2.05) is 0 Å². The summed E-state index contributed by atoms with van der Waals surface area (Å²) in [7, 11) is 0. The monoisotopic (exact) mass is 394 g/mol. The summed E-state index contributed by atoms with van der Waals surface area (Å²) >= 11 is 0. The summed E-state index contributed by atoms with van der Waals surface area (Å²) in [5, 5.41) is 122. The standard InChI is InChI=1S/C15H22O12/c1-2-9(16,8-6-4-3-5-7-8)10(17)11(18,19)13(22,23)15(26,27)14(24,25)12(10,20)21/h3-7,16-27H,2H2,1H3. The molecule has 27 heavy (non-hydrogen) atoms. The molecule has 12 heteroatoms. The average Bonchev–Trinajstić information content (AvgIpc) is 2.59. The van der Waals surface area contributed by atoms with Crippen molar-refractivity contribution in [2.45, 2.75) is 53.5 Å². The third kappa shape index (κ3) is 2.06. The molecule has 0 heterocycles. The fourth-order valence-electron chi connectivity index (χ4n) is 3.44. The van der Waals surface area contributed by atoms with E-state index in [9.17, 15) is 61.3 Å². The minimum Gasteiger partial charge on any atom is -0.382 e. The molecule has 0 aromatic heterocycles. The molecule has 154 valence electrons. The van der Waals surface area contributed by atoms with E-state index in [4.69, 9.17) is 0 Å². The topological polar surface area (TPSA) is 243 Å². The van der Waals surface area contributed by atoms with E-state index in [1.54, 1.807) is 0 Å². The van der Waals surface area contributed by atoms with Gasteiger partial charge in [-0.05, 0) is 12.0 Å². The third-order valence-electron chi connectivity index (χ3n) is 5.32. The maximum Gasteiger partial charge on any atom is 0.286 e. The van der Waals surface area contributed by atoms with E-state index >= 15 is 0 Å². The van der Waals surface area contributed by atoms with Crippen LogP contribution < -0.4 is 0 Å². The normalized spacial score (nSPS) is 28.9. The molecule has 0 aliphatic heterocycles. The molecule has 1 atom stereocenters. The molecule has 12 nitrogen and oxygen atoms in total. The largest absolute Gasteiger partial charge is 0.382 e. The zero-order valence-electron chi connectivity index (χ0n) is 14.0. The second-order valence-electron chi connectivity index (χ2n) is 6.65. The molecule has 0 saturated heterocycles. The molecule has 2 rings (SSSR count). The van der Waals surface area contributed by atoms with E-state index in [-0.39, 0.29) is 0 Å². The van der Waals surface area contributed by atoms with Crippen LogP contribution in [0.5, 0.6) is 0 Å². The lowest BCUT2D eigenvalue weighted by atomic mass is 9.56. The second kappa shape index (κ2) is 5.64. The molecule has 1 unspecified atom stereocenters. The van der Waals surface area contributed by atoms with Gasteiger partial charge in [-0.15, -0.1) is 0 Å². The Hall–Kier alpha value is -1.26. The zero-order valence-corrected chi connectivity index (χ0v) is 14.0. The second-order valence-corrected chi connectivity index (χ2v) is 6.65. The highest BCUT2D eigenvalue weighted by Crippen LogP contribution is 2.60. The molecule has 1 aromatic rings. The first-order chi connectivity index (χ1) is 11.9. The SMILES string of the molecule is CCC(O)(c1ccccc1)C1(O)C(O)(O)C(O)(O)C(O)(O)C(O)(O)C1(O)O. The van der Waals surface area contributed by atoms with Gasteiger partial charge in [-0.25, -0.2) is 0 Å². The van der Waals surface area contributed by atoms with E-state index in [0.29, 0.717) is 0 Å². The maximum atomic E-state index is 11.0. The fourth-order valence-corrected chi connectivity index (χ4v) is 3.44. The molecule has 0 bridgehead atoms. The van der Waals surface area contributed by atoms with Crippen molar-refractivity contribution in [2.75, 3.05) is 0 Å². The van der Waals surface area contributed by atoms with Gasteiger partial charge < -0.3 is 61.3 Å². The van der Waals surface area contributed by atoms with Gasteiger partial charge in [0.05, 0.1) is 0 Å². The first-order valence-corrected chi connectivity index (χ1v) is 7.65. The summed E-state index contributed by atoms with van der Waals surface area (Å²) < 4.78 is 0. The smallest absolute Gasteiger partial charge is 0.286 e. The Balaban J connectivity index is 2.98. The van der Waals surface area contributed by atoms with Crippen molar-refractivity contribution in [3.63, 3.8) is 0 Å². The van der Waals surface area contributed by atoms with Crippen LogP contribution in [0.2, 0.25) is 0 Å². The Bertz CT molecular complexity index is 681. The molecular weight excluding hydrogens is 372 g/mol. The lowest BCUT2D eigenvalue weighted by Crippen LogP contribution is -2.98. The number of rotatable bonds is 3. The highest BCUT2D eigenvalue weighted by Gasteiger charge is 2.94. The van der Waals surface area contributed by atoms with Crippen molar-refractivity contribution in [3.8, 4) is 0 Å². The molecule has 12 N–H and O–H groups in total. The third-order valence-corrected chi connectivity index (χ3v) is 5.32. The van der Waals surface area contributed by atoms with Gasteiger partial charge in [0, 0.05) is 0 Å². The van der Waals surface area contributed by atoms with Crippen molar-refractivity contribution < 1.29 is 61.3 Å². The molecule has 0 spiro atoms. The van der Waals surface area contributed by atoms with Crippen LogP contribution in [0.4, 0.5) is 0 Å². The van der Waals surface area contributed by atoms with Gasteiger partial charge in [0.15, 0.2) is 0 Å². The van der Waals surface area contributed by atoms with Crippen LogP contribution in [0.25, 0.3) is 0 Å². The molecular formula is C15H22O12. The fraction of sp³-hybridized carbons (Fsp3) is 0.600. The Morgan fingerprint density at radius 3 is 1.30 bits per heavy atom. The Morgan fingerprint density at radius 2 is 0.963 bits per heavy atom. The van der Waals surface area contributed by atoms with E-state index in [1.165, 1.54) is 18.2 Å². The van der Waals surface area contributed by atoms with Crippen LogP contribution in [0, 0.1) is 0 Å². The van der Waals surface area contributed by atoms with Crippen LogP contribution in [0.3, 0.4) is 0 Å². The van der Waals surface area contributed by atoms with Crippen molar-refractivity contribution >= 4 is 0 Å². The van der Waals surface area contributed by atoms with Crippen molar-refractivity contribution in [2.24, 2.45) is 0 Å². The van der Waals surface area contributed by atoms with Gasteiger partial charge in [-0.2, -0.15) is 0 Å². The summed E-state index contributed by atoms with van der Waals surface area (Å²) in [6.45, 7) is 1.09. The summed E-state index contributed by atoms with van der Waals surface area (Å²) in [6.07, 6.45) is -0.796. The summed E-state index contributed by atoms with van der Waals surface area (Å²) in [5.41, 5.74) is -8.11. The van der Waals surface area contributed by atoms with Gasteiger partial charge in [0.2, 0.25) is 5.60 Å². The number of benzene rings is 1. The predicted molar refractivity (Wildman–Crippen MR) is 81.4 cm³/mol. The molecule has 0 radical (unpaired) electrons. The zero-order chi connectivity index (χ0) is 21.3. The van der Waals surface area contributed by atoms with Crippen LogP contribution in [-0.2, 0) is 5.60 Å². The van der Waals surface area contributed by atoms with Gasteiger partial charge in [-0.1, -0.05) is 37.3 Å². The molecule has 1 fully saturated rings. The lowest BCUT2D eigenvalue weighted by Gasteiger charge is -2.66.